The van der Waals surface area contributed by atoms with Gasteiger partial charge in [-0.3, -0.25) is 5.10 Å². The SMILES string of the molecule is Brc1ccc(C2(c3cn[nH]c3)CC2)cc1. The molecule has 76 valence electrons. The molecule has 3 heteroatoms. The molecule has 0 aliphatic heterocycles. The van der Waals surface area contributed by atoms with Crippen molar-refractivity contribution < 1.29 is 0 Å². The van der Waals surface area contributed by atoms with Gasteiger partial charge in [-0.2, -0.15) is 5.10 Å². The van der Waals surface area contributed by atoms with Gasteiger partial charge in [0.25, 0.3) is 0 Å². The Labute approximate surface area is 96.8 Å². The largest absolute Gasteiger partial charge is 0.285 e. The molecule has 0 amide bonds. The molecule has 1 aromatic carbocycles. The molecular formula is C12H11BrN2. The molecule has 0 unspecified atom stereocenters. The molecule has 0 radical (unpaired) electrons. The molecule has 0 saturated heterocycles. The second-order valence-electron chi connectivity index (χ2n) is 4.08. The Morgan fingerprint density at radius 1 is 1.13 bits per heavy atom. The highest BCUT2D eigenvalue weighted by molar-refractivity contribution is 9.10. The fourth-order valence-corrected chi connectivity index (χ4v) is 2.41. The zero-order valence-corrected chi connectivity index (χ0v) is 9.79. The van der Waals surface area contributed by atoms with Crippen molar-refractivity contribution in [3.63, 3.8) is 0 Å². The highest BCUT2D eigenvalue weighted by atomic mass is 79.9. The topological polar surface area (TPSA) is 28.7 Å². The van der Waals surface area contributed by atoms with Crippen molar-refractivity contribution in [2.75, 3.05) is 0 Å². The zero-order valence-electron chi connectivity index (χ0n) is 8.20. The number of aromatic nitrogens is 2. The number of rotatable bonds is 2. The summed E-state index contributed by atoms with van der Waals surface area (Å²) in [5.74, 6) is 0. The van der Waals surface area contributed by atoms with E-state index in [4.69, 9.17) is 0 Å². The van der Waals surface area contributed by atoms with Crippen LogP contribution in [0.3, 0.4) is 0 Å². The standard InChI is InChI=1S/C12H11BrN2/c13-11-3-1-9(2-4-11)12(5-6-12)10-7-14-15-8-10/h1-4,7-8H,5-6H2,(H,14,15). The molecule has 0 atom stereocenters. The molecule has 1 N–H and O–H groups in total. The Balaban J connectivity index is 2.04. The van der Waals surface area contributed by atoms with E-state index >= 15 is 0 Å². The van der Waals surface area contributed by atoms with Crippen LogP contribution in [-0.2, 0) is 5.41 Å². The van der Waals surface area contributed by atoms with Gasteiger partial charge in [0.15, 0.2) is 0 Å². The van der Waals surface area contributed by atoms with Gasteiger partial charge in [0.05, 0.1) is 6.20 Å². The number of benzene rings is 1. The summed E-state index contributed by atoms with van der Waals surface area (Å²) in [5.41, 5.74) is 2.95. The maximum Gasteiger partial charge on any atom is 0.0528 e. The maximum atomic E-state index is 4.04. The van der Waals surface area contributed by atoms with Crippen LogP contribution >= 0.6 is 15.9 Å². The summed E-state index contributed by atoms with van der Waals surface area (Å²) in [6.45, 7) is 0. The fraction of sp³-hybridized carbons (Fsp3) is 0.250. The first-order valence-corrected chi connectivity index (χ1v) is 5.86. The average molecular weight is 263 g/mol. The summed E-state index contributed by atoms with van der Waals surface area (Å²) >= 11 is 3.46. The van der Waals surface area contributed by atoms with Crippen LogP contribution in [0.15, 0.2) is 41.1 Å². The summed E-state index contributed by atoms with van der Waals surface area (Å²) < 4.78 is 1.13. The Kier molecular flexibility index (Phi) is 1.96. The average Bonchev–Trinajstić information content (AvgIpc) is 2.88. The monoisotopic (exact) mass is 262 g/mol. The Hall–Kier alpha value is -1.09. The van der Waals surface area contributed by atoms with E-state index in [1.807, 2.05) is 12.4 Å². The summed E-state index contributed by atoms with van der Waals surface area (Å²) in [6, 6.07) is 8.61. The Morgan fingerprint density at radius 2 is 1.87 bits per heavy atom. The van der Waals surface area contributed by atoms with E-state index < -0.39 is 0 Å². The first-order chi connectivity index (χ1) is 7.31. The lowest BCUT2D eigenvalue weighted by Crippen LogP contribution is -2.06. The third kappa shape index (κ3) is 1.42. The quantitative estimate of drug-likeness (QED) is 0.885. The van der Waals surface area contributed by atoms with E-state index in [9.17, 15) is 0 Å². The van der Waals surface area contributed by atoms with Crippen molar-refractivity contribution in [3.05, 3.63) is 52.3 Å². The molecule has 1 saturated carbocycles. The van der Waals surface area contributed by atoms with Crippen molar-refractivity contribution in [3.8, 4) is 0 Å². The van der Waals surface area contributed by atoms with Crippen LogP contribution in [0.1, 0.15) is 24.0 Å². The molecule has 1 aliphatic carbocycles. The highest BCUT2D eigenvalue weighted by Crippen LogP contribution is 2.53. The molecule has 15 heavy (non-hydrogen) atoms. The van der Waals surface area contributed by atoms with Crippen LogP contribution in [0.4, 0.5) is 0 Å². The molecule has 0 bridgehead atoms. The number of H-pyrrole nitrogens is 1. The number of hydrogen-bond acceptors (Lipinski definition) is 1. The second kappa shape index (κ2) is 3.20. The van der Waals surface area contributed by atoms with Gasteiger partial charge in [0.1, 0.15) is 0 Å². The molecular weight excluding hydrogens is 252 g/mol. The summed E-state index contributed by atoms with van der Waals surface area (Å²) in [6.07, 6.45) is 6.41. The predicted octanol–water partition coefficient (Wildman–Crippen LogP) is 3.25. The third-order valence-electron chi connectivity index (χ3n) is 3.20. The first-order valence-electron chi connectivity index (χ1n) is 5.07. The number of aromatic amines is 1. The lowest BCUT2D eigenvalue weighted by Gasteiger charge is -2.13. The van der Waals surface area contributed by atoms with E-state index in [1.54, 1.807) is 0 Å². The molecule has 1 heterocycles. The molecule has 0 spiro atoms. The Morgan fingerprint density at radius 3 is 2.40 bits per heavy atom. The summed E-state index contributed by atoms with van der Waals surface area (Å²) in [5, 5.41) is 6.93. The smallest absolute Gasteiger partial charge is 0.0528 e. The van der Waals surface area contributed by atoms with E-state index in [1.165, 1.54) is 24.0 Å². The van der Waals surface area contributed by atoms with Crippen LogP contribution in [0.2, 0.25) is 0 Å². The van der Waals surface area contributed by atoms with Gasteiger partial charge in [-0.15, -0.1) is 0 Å². The Bertz CT molecular complexity index is 455. The van der Waals surface area contributed by atoms with Crippen LogP contribution < -0.4 is 0 Å². The van der Waals surface area contributed by atoms with Crippen LogP contribution in [0.5, 0.6) is 0 Å². The zero-order chi connectivity index (χ0) is 10.3. The van der Waals surface area contributed by atoms with Crippen molar-refractivity contribution in [1.29, 1.82) is 0 Å². The molecule has 1 aromatic heterocycles. The van der Waals surface area contributed by atoms with Gasteiger partial charge in [0, 0.05) is 21.6 Å². The number of nitrogens with zero attached hydrogens (tertiary/aromatic N) is 1. The van der Waals surface area contributed by atoms with E-state index in [2.05, 4.69) is 50.4 Å². The van der Waals surface area contributed by atoms with Crippen molar-refractivity contribution in [2.24, 2.45) is 0 Å². The lowest BCUT2D eigenvalue weighted by molar-refractivity contribution is 0.848. The minimum atomic E-state index is 0.244. The minimum absolute atomic E-state index is 0.244. The van der Waals surface area contributed by atoms with Crippen molar-refractivity contribution in [1.82, 2.24) is 10.2 Å². The number of hydrogen-bond donors (Lipinski definition) is 1. The van der Waals surface area contributed by atoms with Crippen molar-refractivity contribution >= 4 is 15.9 Å². The molecule has 2 nitrogen and oxygen atoms in total. The van der Waals surface area contributed by atoms with Crippen molar-refractivity contribution in [2.45, 2.75) is 18.3 Å². The van der Waals surface area contributed by atoms with Gasteiger partial charge in [-0.05, 0) is 30.5 Å². The van der Waals surface area contributed by atoms with Crippen LogP contribution in [-0.4, -0.2) is 10.2 Å². The minimum Gasteiger partial charge on any atom is -0.285 e. The normalized spacial score (nSPS) is 17.7. The molecule has 3 rings (SSSR count). The van der Waals surface area contributed by atoms with Gasteiger partial charge >= 0.3 is 0 Å². The number of nitrogens with one attached hydrogen (secondary N) is 1. The molecule has 1 aliphatic rings. The van der Waals surface area contributed by atoms with Crippen LogP contribution in [0.25, 0.3) is 0 Å². The molecule has 2 aromatic rings. The van der Waals surface area contributed by atoms with Crippen LogP contribution in [0, 0.1) is 0 Å². The summed E-state index contributed by atoms with van der Waals surface area (Å²) in [4.78, 5) is 0. The maximum absolute atomic E-state index is 4.04. The lowest BCUT2D eigenvalue weighted by atomic mass is 9.90. The second-order valence-corrected chi connectivity index (χ2v) is 4.99. The first kappa shape index (κ1) is 9.16. The van der Waals surface area contributed by atoms with E-state index in [0.29, 0.717) is 0 Å². The number of halogens is 1. The van der Waals surface area contributed by atoms with E-state index in [0.717, 1.165) is 4.47 Å². The van der Waals surface area contributed by atoms with E-state index in [-0.39, 0.29) is 5.41 Å². The summed E-state index contributed by atoms with van der Waals surface area (Å²) in [7, 11) is 0. The van der Waals surface area contributed by atoms with Gasteiger partial charge in [-0.25, -0.2) is 0 Å². The fourth-order valence-electron chi connectivity index (χ4n) is 2.15. The van der Waals surface area contributed by atoms with Gasteiger partial charge in [-0.1, -0.05) is 28.1 Å². The van der Waals surface area contributed by atoms with Gasteiger partial charge < -0.3 is 0 Å². The predicted molar refractivity (Wildman–Crippen MR) is 62.7 cm³/mol. The molecule has 1 fully saturated rings. The highest BCUT2D eigenvalue weighted by Gasteiger charge is 2.46. The van der Waals surface area contributed by atoms with Gasteiger partial charge in [0.2, 0.25) is 0 Å². The third-order valence-corrected chi connectivity index (χ3v) is 3.73.